The van der Waals surface area contributed by atoms with Gasteiger partial charge in [-0.15, -0.1) is 0 Å². The number of hydrogen-bond acceptors (Lipinski definition) is 4. The SMILES string of the molecule is O=C(Nc1cccc(OCc2ccccn2)c1)c1cnc2ccccc2c1C(F)(F)F. The van der Waals surface area contributed by atoms with Crippen molar-refractivity contribution in [3.63, 3.8) is 0 Å². The third kappa shape index (κ3) is 4.63. The van der Waals surface area contributed by atoms with Crippen LogP contribution < -0.4 is 10.1 Å². The molecule has 1 N–H and O–H groups in total. The minimum atomic E-state index is -4.72. The first-order valence-electron chi connectivity index (χ1n) is 9.31. The van der Waals surface area contributed by atoms with Crippen LogP contribution in [0.1, 0.15) is 21.6 Å². The van der Waals surface area contributed by atoms with Crippen LogP contribution in [0.15, 0.2) is 79.1 Å². The predicted octanol–water partition coefficient (Wildman–Crippen LogP) is 5.48. The summed E-state index contributed by atoms with van der Waals surface area (Å²) < 4.78 is 47.0. The number of halogens is 3. The highest BCUT2D eigenvalue weighted by molar-refractivity contribution is 6.07. The van der Waals surface area contributed by atoms with Crippen molar-refractivity contribution >= 4 is 22.5 Å². The van der Waals surface area contributed by atoms with Gasteiger partial charge in [-0.05, 0) is 30.3 Å². The zero-order valence-corrected chi connectivity index (χ0v) is 16.1. The first-order chi connectivity index (χ1) is 14.9. The molecule has 2 aromatic heterocycles. The molecule has 0 aliphatic carbocycles. The molecule has 4 aromatic rings. The number of hydrogen-bond donors (Lipinski definition) is 1. The van der Waals surface area contributed by atoms with Gasteiger partial charge in [-0.1, -0.05) is 30.3 Å². The molecule has 0 radical (unpaired) electrons. The van der Waals surface area contributed by atoms with E-state index in [2.05, 4.69) is 15.3 Å². The van der Waals surface area contributed by atoms with E-state index in [4.69, 9.17) is 4.74 Å². The molecule has 0 saturated heterocycles. The van der Waals surface area contributed by atoms with E-state index in [-0.39, 0.29) is 17.5 Å². The molecule has 0 unspecified atom stereocenters. The van der Waals surface area contributed by atoms with Crippen molar-refractivity contribution in [2.75, 3.05) is 5.32 Å². The number of rotatable bonds is 5. The maximum absolute atomic E-state index is 13.8. The number of carbonyl (C=O) groups is 1. The van der Waals surface area contributed by atoms with E-state index >= 15 is 0 Å². The highest BCUT2D eigenvalue weighted by Crippen LogP contribution is 2.37. The standard InChI is InChI=1S/C23H16F3N3O2/c24-23(25,26)21-18-9-1-2-10-20(18)28-13-19(21)22(30)29-15-7-5-8-17(12-15)31-14-16-6-3-4-11-27-16/h1-13H,14H2,(H,29,30). The number of fused-ring (bicyclic) bond motifs is 1. The fraction of sp³-hybridized carbons (Fsp3) is 0.0870. The number of nitrogens with zero attached hydrogens (tertiary/aromatic N) is 2. The third-order valence-electron chi connectivity index (χ3n) is 4.51. The van der Waals surface area contributed by atoms with E-state index in [1.807, 2.05) is 6.07 Å². The second-order valence-corrected chi connectivity index (χ2v) is 6.65. The lowest BCUT2D eigenvalue weighted by molar-refractivity contribution is -0.136. The summed E-state index contributed by atoms with van der Waals surface area (Å²) in [5, 5.41) is 2.37. The second-order valence-electron chi connectivity index (χ2n) is 6.65. The molecule has 4 rings (SSSR count). The highest BCUT2D eigenvalue weighted by Gasteiger charge is 2.37. The summed E-state index contributed by atoms with van der Waals surface area (Å²) in [4.78, 5) is 20.9. The highest BCUT2D eigenvalue weighted by atomic mass is 19.4. The summed E-state index contributed by atoms with van der Waals surface area (Å²) in [7, 11) is 0. The van der Waals surface area contributed by atoms with Crippen LogP contribution in [0.25, 0.3) is 10.9 Å². The number of carbonyl (C=O) groups excluding carboxylic acids is 1. The Balaban J connectivity index is 1.58. The monoisotopic (exact) mass is 423 g/mol. The molecular weight excluding hydrogens is 407 g/mol. The number of amides is 1. The topological polar surface area (TPSA) is 64.1 Å². The fourth-order valence-corrected chi connectivity index (χ4v) is 3.12. The number of anilines is 1. The summed E-state index contributed by atoms with van der Waals surface area (Å²) in [6.07, 6.45) is -2.13. The molecule has 8 heteroatoms. The van der Waals surface area contributed by atoms with E-state index < -0.39 is 23.2 Å². The first-order valence-corrected chi connectivity index (χ1v) is 9.31. The number of ether oxygens (including phenoxy) is 1. The summed E-state index contributed by atoms with van der Waals surface area (Å²) in [6, 6.07) is 17.7. The summed E-state index contributed by atoms with van der Waals surface area (Å²) in [5.41, 5.74) is -0.390. The third-order valence-corrected chi connectivity index (χ3v) is 4.51. The molecule has 0 spiro atoms. The van der Waals surface area contributed by atoms with Crippen LogP contribution in [0.5, 0.6) is 5.75 Å². The Morgan fingerprint density at radius 1 is 0.968 bits per heavy atom. The van der Waals surface area contributed by atoms with Crippen molar-refractivity contribution in [2.45, 2.75) is 12.8 Å². The number of alkyl halides is 3. The lowest BCUT2D eigenvalue weighted by Crippen LogP contribution is -2.19. The van der Waals surface area contributed by atoms with E-state index in [9.17, 15) is 18.0 Å². The molecule has 0 atom stereocenters. The quantitative estimate of drug-likeness (QED) is 0.462. The van der Waals surface area contributed by atoms with Crippen molar-refractivity contribution in [3.05, 3.63) is 95.9 Å². The Morgan fingerprint density at radius 3 is 2.55 bits per heavy atom. The van der Waals surface area contributed by atoms with Crippen molar-refractivity contribution in [2.24, 2.45) is 0 Å². The van der Waals surface area contributed by atoms with Crippen LogP contribution in [0, 0.1) is 0 Å². The number of benzene rings is 2. The molecule has 0 saturated carbocycles. The molecule has 0 aliphatic heterocycles. The van der Waals surface area contributed by atoms with Crippen LogP contribution in [0.4, 0.5) is 18.9 Å². The van der Waals surface area contributed by atoms with Crippen molar-refractivity contribution in [1.29, 1.82) is 0 Å². The minimum absolute atomic E-state index is 0.130. The van der Waals surface area contributed by atoms with Crippen LogP contribution in [0.3, 0.4) is 0 Å². The maximum Gasteiger partial charge on any atom is 0.417 e. The molecule has 156 valence electrons. The normalized spacial score (nSPS) is 11.3. The van der Waals surface area contributed by atoms with Gasteiger partial charge in [-0.2, -0.15) is 13.2 Å². The van der Waals surface area contributed by atoms with Crippen molar-refractivity contribution < 1.29 is 22.7 Å². The molecule has 2 heterocycles. The van der Waals surface area contributed by atoms with Crippen LogP contribution >= 0.6 is 0 Å². The average Bonchev–Trinajstić information content (AvgIpc) is 2.77. The largest absolute Gasteiger partial charge is 0.487 e. The van der Waals surface area contributed by atoms with Gasteiger partial charge in [-0.25, -0.2) is 0 Å². The Kier molecular flexibility index (Phi) is 5.53. The molecular formula is C23H16F3N3O2. The lowest BCUT2D eigenvalue weighted by atomic mass is 10.0. The van der Waals surface area contributed by atoms with E-state index in [0.717, 1.165) is 6.20 Å². The zero-order chi connectivity index (χ0) is 21.8. The van der Waals surface area contributed by atoms with Gasteiger partial charge in [-0.3, -0.25) is 14.8 Å². The van der Waals surface area contributed by atoms with Gasteiger partial charge in [0.1, 0.15) is 12.4 Å². The number of nitrogens with one attached hydrogen (secondary N) is 1. The average molecular weight is 423 g/mol. The molecule has 5 nitrogen and oxygen atoms in total. The van der Waals surface area contributed by atoms with E-state index in [0.29, 0.717) is 17.1 Å². The van der Waals surface area contributed by atoms with Gasteiger partial charge in [0.15, 0.2) is 0 Å². The molecule has 0 fully saturated rings. The number of aromatic nitrogens is 2. The molecule has 31 heavy (non-hydrogen) atoms. The summed E-state index contributed by atoms with van der Waals surface area (Å²) in [5.74, 6) is -0.469. The Morgan fingerprint density at radius 2 is 1.77 bits per heavy atom. The van der Waals surface area contributed by atoms with Gasteiger partial charge >= 0.3 is 6.18 Å². The van der Waals surface area contributed by atoms with Gasteiger partial charge in [0.05, 0.1) is 22.3 Å². The van der Waals surface area contributed by atoms with Crippen molar-refractivity contribution in [3.8, 4) is 5.75 Å². The first kappa shape index (κ1) is 20.3. The van der Waals surface area contributed by atoms with Crippen LogP contribution in [0.2, 0.25) is 0 Å². The predicted molar refractivity (Wildman–Crippen MR) is 110 cm³/mol. The van der Waals surface area contributed by atoms with E-state index in [1.165, 1.54) is 24.3 Å². The number of para-hydroxylation sites is 1. The van der Waals surface area contributed by atoms with Crippen molar-refractivity contribution in [1.82, 2.24) is 9.97 Å². The minimum Gasteiger partial charge on any atom is -0.487 e. The summed E-state index contributed by atoms with van der Waals surface area (Å²) in [6.45, 7) is 0.213. The Bertz CT molecular complexity index is 1230. The van der Waals surface area contributed by atoms with Gasteiger partial charge < -0.3 is 10.1 Å². The van der Waals surface area contributed by atoms with Gasteiger partial charge in [0, 0.05) is 29.5 Å². The van der Waals surface area contributed by atoms with Crippen LogP contribution in [-0.2, 0) is 12.8 Å². The van der Waals surface area contributed by atoms with Gasteiger partial charge in [0.25, 0.3) is 5.91 Å². The molecule has 0 aliphatic rings. The lowest BCUT2D eigenvalue weighted by Gasteiger charge is -2.15. The second kappa shape index (κ2) is 8.43. The number of pyridine rings is 2. The van der Waals surface area contributed by atoms with Crippen LogP contribution in [-0.4, -0.2) is 15.9 Å². The molecule has 1 amide bonds. The zero-order valence-electron chi connectivity index (χ0n) is 16.1. The van der Waals surface area contributed by atoms with E-state index in [1.54, 1.807) is 42.6 Å². The molecule has 2 aromatic carbocycles. The fourth-order valence-electron chi connectivity index (χ4n) is 3.12. The Hall–Kier alpha value is -3.94. The summed E-state index contributed by atoms with van der Waals surface area (Å²) >= 11 is 0. The maximum atomic E-state index is 13.8. The van der Waals surface area contributed by atoms with Gasteiger partial charge in [0.2, 0.25) is 0 Å². The molecule has 0 bridgehead atoms. The smallest absolute Gasteiger partial charge is 0.417 e. The Labute approximate surface area is 175 Å².